The minimum Gasteiger partial charge on any atom is -0.394 e. The van der Waals surface area contributed by atoms with Crippen molar-refractivity contribution < 1.29 is 14.6 Å². The molecule has 0 spiro atoms. The molecule has 1 atom stereocenters. The van der Waals surface area contributed by atoms with Crippen molar-refractivity contribution >= 4 is 23.3 Å². The molecule has 0 radical (unpaired) electrons. The van der Waals surface area contributed by atoms with Crippen LogP contribution in [0.3, 0.4) is 0 Å². The van der Waals surface area contributed by atoms with Gasteiger partial charge in [0, 0.05) is 12.6 Å². The second-order valence-electron chi connectivity index (χ2n) is 5.13. The van der Waals surface area contributed by atoms with Crippen LogP contribution in [0.1, 0.15) is 22.8 Å². The van der Waals surface area contributed by atoms with Gasteiger partial charge < -0.3 is 15.2 Å². The number of carbonyl (C=O) groups is 1. The number of aliphatic hydroxyl groups excluding tert-OH is 1. The number of ether oxygens (including phenoxy) is 1. The topological polar surface area (TPSA) is 58.6 Å². The Labute approximate surface area is 140 Å². The summed E-state index contributed by atoms with van der Waals surface area (Å²) in [4.78, 5) is 11.9. The summed E-state index contributed by atoms with van der Waals surface area (Å²) in [6.07, 6.45) is 3.02. The summed E-state index contributed by atoms with van der Waals surface area (Å²) in [5, 5.41) is 15.7. The Kier molecular flexibility index (Phi) is 7.00. The van der Waals surface area contributed by atoms with Gasteiger partial charge in [0.1, 0.15) is 0 Å². The first kappa shape index (κ1) is 17.4. The average molecular weight is 331 g/mol. The number of carbonyl (C=O) groups excluding carboxylic acids is 1. The number of aliphatic hydroxyl groups is 1. The molecule has 122 valence electrons. The van der Waals surface area contributed by atoms with Crippen LogP contribution in [-0.2, 0) is 9.53 Å². The summed E-state index contributed by atoms with van der Waals surface area (Å²) in [5.74, 6) is -0.166. The number of hydrogen-bond donors (Lipinski definition) is 2. The summed E-state index contributed by atoms with van der Waals surface area (Å²) in [6.45, 7) is 2.56. The van der Waals surface area contributed by atoms with Crippen molar-refractivity contribution in [2.45, 2.75) is 13.0 Å². The molecule has 0 saturated heterocycles. The zero-order chi connectivity index (χ0) is 16.5. The minimum atomic E-state index is -0.277. The third-order valence-electron chi connectivity index (χ3n) is 3.29. The van der Waals surface area contributed by atoms with E-state index in [2.05, 4.69) is 5.32 Å². The van der Waals surface area contributed by atoms with Gasteiger partial charge in [-0.1, -0.05) is 29.8 Å². The predicted octanol–water partition coefficient (Wildman–Crippen LogP) is 2.94. The number of thiophene rings is 1. The van der Waals surface area contributed by atoms with E-state index < -0.39 is 0 Å². The van der Waals surface area contributed by atoms with E-state index in [0.29, 0.717) is 6.54 Å². The van der Waals surface area contributed by atoms with Crippen LogP contribution >= 0.6 is 11.3 Å². The Hall–Kier alpha value is -1.95. The lowest BCUT2D eigenvalue weighted by molar-refractivity contribution is -0.117. The molecule has 2 aromatic rings. The predicted molar refractivity (Wildman–Crippen MR) is 93.3 cm³/mol. The van der Waals surface area contributed by atoms with E-state index >= 15 is 0 Å². The molecule has 0 saturated carbocycles. The quantitative estimate of drug-likeness (QED) is 0.731. The highest BCUT2D eigenvalue weighted by molar-refractivity contribution is 7.08. The number of benzene rings is 1. The lowest BCUT2D eigenvalue weighted by Gasteiger charge is -2.18. The molecule has 0 fully saturated rings. The highest BCUT2D eigenvalue weighted by Crippen LogP contribution is 2.17. The molecule has 2 N–H and O–H groups in total. The Morgan fingerprint density at radius 2 is 2.13 bits per heavy atom. The molecule has 1 heterocycles. The fourth-order valence-corrected chi connectivity index (χ4v) is 2.67. The molecule has 0 aliphatic heterocycles. The third kappa shape index (κ3) is 5.98. The standard InChI is InChI=1S/C18H21NO3S/c1-14-2-5-16(6-3-14)17(22-10-9-20)12-19-18(21)7-4-15-8-11-23-13-15/h2-8,11,13,17,20H,9-10,12H2,1H3,(H,19,21)/b7-4+/t17-/m1/s1. The van der Waals surface area contributed by atoms with E-state index in [1.165, 1.54) is 6.08 Å². The molecule has 0 aliphatic carbocycles. The van der Waals surface area contributed by atoms with Gasteiger partial charge in [-0.15, -0.1) is 0 Å². The van der Waals surface area contributed by atoms with Gasteiger partial charge in [-0.05, 0) is 41.0 Å². The molecule has 0 unspecified atom stereocenters. The Balaban J connectivity index is 1.92. The zero-order valence-electron chi connectivity index (χ0n) is 13.1. The van der Waals surface area contributed by atoms with Gasteiger partial charge in [0.05, 0.1) is 19.3 Å². The van der Waals surface area contributed by atoms with E-state index in [4.69, 9.17) is 9.84 Å². The summed E-state index contributed by atoms with van der Waals surface area (Å²) in [6, 6.07) is 9.91. The Morgan fingerprint density at radius 3 is 2.78 bits per heavy atom. The normalized spacial score (nSPS) is 12.4. The van der Waals surface area contributed by atoms with E-state index in [-0.39, 0.29) is 25.2 Å². The summed E-state index contributed by atoms with van der Waals surface area (Å²) >= 11 is 1.59. The second kappa shape index (κ2) is 9.25. The van der Waals surface area contributed by atoms with E-state index in [9.17, 15) is 4.79 Å². The van der Waals surface area contributed by atoms with Crippen LogP contribution in [0.25, 0.3) is 6.08 Å². The number of nitrogens with one attached hydrogen (secondary N) is 1. The van der Waals surface area contributed by atoms with Gasteiger partial charge in [0.25, 0.3) is 0 Å². The fraction of sp³-hybridized carbons (Fsp3) is 0.278. The van der Waals surface area contributed by atoms with Gasteiger partial charge >= 0.3 is 0 Å². The van der Waals surface area contributed by atoms with E-state index in [1.807, 2.05) is 48.0 Å². The SMILES string of the molecule is Cc1ccc([C@@H](CNC(=O)/C=C/c2ccsc2)OCCO)cc1. The first-order valence-electron chi connectivity index (χ1n) is 7.46. The molecule has 0 bridgehead atoms. The highest BCUT2D eigenvalue weighted by Gasteiger charge is 2.12. The van der Waals surface area contributed by atoms with Gasteiger partial charge in [0.2, 0.25) is 5.91 Å². The molecular formula is C18H21NO3S. The Bertz CT molecular complexity index is 620. The maximum Gasteiger partial charge on any atom is 0.244 e. The largest absolute Gasteiger partial charge is 0.394 e. The molecule has 1 amide bonds. The minimum absolute atomic E-state index is 0.0473. The van der Waals surface area contributed by atoms with Crippen LogP contribution in [0.4, 0.5) is 0 Å². The first-order valence-corrected chi connectivity index (χ1v) is 8.40. The summed E-state index contributed by atoms with van der Waals surface area (Å²) in [5.41, 5.74) is 3.15. The Morgan fingerprint density at radius 1 is 1.35 bits per heavy atom. The summed E-state index contributed by atoms with van der Waals surface area (Å²) < 4.78 is 5.63. The second-order valence-corrected chi connectivity index (χ2v) is 5.91. The number of rotatable bonds is 8. The molecular weight excluding hydrogens is 310 g/mol. The van der Waals surface area contributed by atoms with E-state index in [1.54, 1.807) is 17.4 Å². The van der Waals surface area contributed by atoms with Crippen molar-refractivity contribution in [1.29, 1.82) is 0 Å². The van der Waals surface area contributed by atoms with Crippen LogP contribution in [0.5, 0.6) is 0 Å². The van der Waals surface area contributed by atoms with Gasteiger partial charge in [0.15, 0.2) is 0 Å². The smallest absolute Gasteiger partial charge is 0.244 e. The van der Waals surface area contributed by atoms with Gasteiger partial charge in [-0.2, -0.15) is 11.3 Å². The van der Waals surface area contributed by atoms with Crippen LogP contribution in [0, 0.1) is 6.92 Å². The summed E-state index contributed by atoms with van der Waals surface area (Å²) in [7, 11) is 0. The molecule has 0 aliphatic rings. The molecule has 5 heteroatoms. The van der Waals surface area contributed by atoms with Gasteiger partial charge in [-0.25, -0.2) is 0 Å². The van der Waals surface area contributed by atoms with Crippen molar-refractivity contribution in [2.75, 3.05) is 19.8 Å². The van der Waals surface area contributed by atoms with Crippen molar-refractivity contribution in [2.24, 2.45) is 0 Å². The molecule has 23 heavy (non-hydrogen) atoms. The molecule has 1 aromatic heterocycles. The maximum atomic E-state index is 11.9. The lowest BCUT2D eigenvalue weighted by Crippen LogP contribution is -2.28. The first-order chi connectivity index (χ1) is 11.2. The van der Waals surface area contributed by atoms with Crippen LogP contribution in [-0.4, -0.2) is 30.8 Å². The highest BCUT2D eigenvalue weighted by atomic mass is 32.1. The fourth-order valence-electron chi connectivity index (χ4n) is 2.04. The number of hydrogen-bond acceptors (Lipinski definition) is 4. The van der Waals surface area contributed by atoms with Crippen molar-refractivity contribution in [3.63, 3.8) is 0 Å². The van der Waals surface area contributed by atoms with E-state index in [0.717, 1.165) is 16.7 Å². The molecule has 4 nitrogen and oxygen atoms in total. The number of amides is 1. The van der Waals surface area contributed by atoms with Crippen LogP contribution < -0.4 is 5.32 Å². The number of aryl methyl sites for hydroxylation is 1. The van der Waals surface area contributed by atoms with Crippen molar-refractivity contribution in [3.8, 4) is 0 Å². The van der Waals surface area contributed by atoms with Crippen LogP contribution in [0.2, 0.25) is 0 Å². The monoisotopic (exact) mass is 331 g/mol. The van der Waals surface area contributed by atoms with Crippen LogP contribution in [0.15, 0.2) is 47.2 Å². The molecule has 1 aromatic carbocycles. The lowest BCUT2D eigenvalue weighted by atomic mass is 10.1. The van der Waals surface area contributed by atoms with Gasteiger partial charge in [-0.3, -0.25) is 4.79 Å². The maximum absolute atomic E-state index is 11.9. The van der Waals surface area contributed by atoms with Crippen molar-refractivity contribution in [3.05, 3.63) is 63.9 Å². The molecule has 2 rings (SSSR count). The van der Waals surface area contributed by atoms with Crippen molar-refractivity contribution in [1.82, 2.24) is 5.32 Å². The zero-order valence-corrected chi connectivity index (χ0v) is 13.9. The third-order valence-corrected chi connectivity index (χ3v) is 3.99. The average Bonchev–Trinajstić information content (AvgIpc) is 3.07.